The molecule has 3 rings (SSSR count). The minimum Gasteiger partial charge on any atom is -0.391 e. The first-order valence-corrected chi connectivity index (χ1v) is 6.96. The fourth-order valence-electron chi connectivity index (χ4n) is 3.05. The van der Waals surface area contributed by atoms with Crippen molar-refractivity contribution in [3.05, 3.63) is 46.4 Å². The predicted octanol–water partition coefficient (Wildman–Crippen LogP) is 2.79. The molecule has 0 saturated heterocycles. The minimum absolute atomic E-state index is 0.0205. The highest BCUT2D eigenvalue weighted by atomic mass is 16.3. The molecule has 0 spiro atoms. The Bertz CT molecular complexity index is 659. The SMILES string of the molecule is Cc1ccc2ccn([C@H]3CCCC[C@@H]3O)c(=O)c2c1. The van der Waals surface area contributed by atoms with E-state index in [1.54, 1.807) is 4.57 Å². The molecule has 1 fully saturated rings. The van der Waals surface area contributed by atoms with Gasteiger partial charge < -0.3 is 9.67 Å². The maximum atomic E-state index is 12.6. The Balaban J connectivity index is 2.14. The van der Waals surface area contributed by atoms with Crippen LogP contribution in [-0.2, 0) is 0 Å². The Morgan fingerprint density at radius 3 is 2.79 bits per heavy atom. The number of benzene rings is 1. The first-order valence-electron chi connectivity index (χ1n) is 6.96. The zero-order chi connectivity index (χ0) is 13.4. The standard InChI is InChI=1S/C16H19NO2/c1-11-6-7-12-8-9-17(16(19)13(12)10-11)14-4-2-3-5-15(14)18/h6-10,14-15,18H,2-5H2,1H3/t14-,15-/m0/s1. The number of nitrogens with zero attached hydrogens (tertiary/aromatic N) is 1. The number of pyridine rings is 1. The average Bonchev–Trinajstić information content (AvgIpc) is 2.41. The van der Waals surface area contributed by atoms with Gasteiger partial charge >= 0.3 is 0 Å². The van der Waals surface area contributed by atoms with E-state index in [1.165, 1.54) is 0 Å². The summed E-state index contributed by atoms with van der Waals surface area (Å²) in [5.41, 5.74) is 1.11. The Morgan fingerprint density at radius 2 is 2.00 bits per heavy atom. The fraction of sp³-hybridized carbons (Fsp3) is 0.438. The first-order chi connectivity index (χ1) is 9.16. The molecule has 3 nitrogen and oxygen atoms in total. The molecule has 1 N–H and O–H groups in total. The molecular formula is C16H19NO2. The molecule has 1 aromatic carbocycles. The van der Waals surface area contributed by atoms with Gasteiger partial charge in [-0.05, 0) is 37.3 Å². The van der Waals surface area contributed by atoms with Crippen LogP contribution < -0.4 is 5.56 Å². The van der Waals surface area contributed by atoms with Crippen molar-refractivity contribution in [1.82, 2.24) is 4.57 Å². The molecule has 2 aromatic rings. The van der Waals surface area contributed by atoms with Crippen LogP contribution in [0.4, 0.5) is 0 Å². The summed E-state index contributed by atoms with van der Waals surface area (Å²) in [7, 11) is 0. The Labute approximate surface area is 112 Å². The second kappa shape index (κ2) is 4.82. The summed E-state index contributed by atoms with van der Waals surface area (Å²) in [5.74, 6) is 0. The van der Waals surface area contributed by atoms with Gasteiger partial charge in [0.05, 0.1) is 12.1 Å². The average molecular weight is 257 g/mol. The van der Waals surface area contributed by atoms with E-state index in [9.17, 15) is 9.90 Å². The highest BCUT2D eigenvalue weighted by Gasteiger charge is 2.25. The van der Waals surface area contributed by atoms with Crippen LogP contribution in [0.5, 0.6) is 0 Å². The van der Waals surface area contributed by atoms with E-state index in [1.807, 2.05) is 37.4 Å². The lowest BCUT2D eigenvalue weighted by Crippen LogP contribution is -2.34. The second-order valence-electron chi connectivity index (χ2n) is 5.54. The van der Waals surface area contributed by atoms with Gasteiger partial charge in [-0.15, -0.1) is 0 Å². The summed E-state index contributed by atoms with van der Waals surface area (Å²) in [5, 5.41) is 11.8. The number of aromatic nitrogens is 1. The molecule has 0 unspecified atom stereocenters. The summed E-state index contributed by atoms with van der Waals surface area (Å²) in [4.78, 5) is 12.6. The molecule has 100 valence electrons. The lowest BCUT2D eigenvalue weighted by molar-refractivity contribution is 0.0740. The van der Waals surface area contributed by atoms with Crippen LogP contribution in [0.3, 0.4) is 0 Å². The third-order valence-electron chi connectivity index (χ3n) is 4.14. The number of rotatable bonds is 1. The topological polar surface area (TPSA) is 42.2 Å². The number of aliphatic hydroxyl groups excluding tert-OH is 1. The van der Waals surface area contributed by atoms with Crippen molar-refractivity contribution < 1.29 is 5.11 Å². The lowest BCUT2D eigenvalue weighted by Gasteiger charge is -2.29. The zero-order valence-electron chi connectivity index (χ0n) is 11.2. The third kappa shape index (κ3) is 2.19. The maximum absolute atomic E-state index is 12.6. The molecule has 0 aliphatic heterocycles. The van der Waals surface area contributed by atoms with Crippen molar-refractivity contribution in [2.45, 2.75) is 44.8 Å². The Morgan fingerprint density at radius 1 is 1.21 bits per heavy atom. The maximum Gasteiger partial charge on any atom is 0.258 e. The number of aliphatic hydroxyl groups is 1. The van der Waals surface area contributed by atoms with Crippen LogP contribution in [0.25, 0.3) is 10.8 Å². The summed E-state index contributed by atoms with van der Waals surface area (Å²) in [6.07, 6.45) is 5.26. The van der Waals surface area contributed by atoms with E-state index < -0.39 is 6.10 Å². The van der Waals surface area contributed by atoms with Gasteiger partial charge in [0, 0.05) is 11.6 Å². The van der Waals surface area contributed by atoms with E-state index >= 15 is 0 Å². The van der Waals surface area contributed by atoms with Crippen LogP contribution in [0.1, 0.15) is 37.3 Å². The summed E-state index contributed by atoms with van der Waals surface area (Å²) >= 11 is 0. The molecule has 1 aromatic heterocycles. The van der Waals surface area contributed by atoms with Gasteiger partial charge in [-0.3, -0.25) is 4.79 Å². The van der Waals surface area contributed by atoms with Gasteiger partial charge in [0.15, 0.2) is 0 Å². The summed E-state index contributed by atoms with van der Waals surface area (Å²) < 4.78 is 1.73. The van der Waals surface area contributed by atoms with Gasteiger partial charge in [-0.1, -0.05) is 30.5 Å². The van der Waals surface area contributed by atoms with Crippen molar-refractivity contribution in [3.8, 4) is 0 Å². The molecule has 1 aliphatic carbocycles. The molecule has 2 atom stereocenters. The van der Waals surface area contributed by atoms with E-state index in [4.69, 9.17) is 0 Å². The van der Waals surface area contributed by atoms with Gasteiger partial charge in [-0.25, -0.2) is 0 Å². The highest BCUT2D eigenvalue weighted by molar-refractivity contribution is 5.82. The molecular weight excluding hydrogens is 238 g/mol. The quantitative estimate of drug-likeness (QED) is 0.853. The smallest absolute Gasteiger partial charge is 0.258 e. The molecule has 1 aliphatic rings. The predicted molar refractivity (Wildman–Crippen MR) is 76.5 cm³/mol. The van der Waals surface area contributed by atoms with Crippen LogP contribution in [0, 0.1) is 6.92 Å². The normalized spacial score (nSPS) is 23.7. The minimum atomic E-state index is -0.395. The molecule has 0 amide bonds. The van der Waals surface area contributed by atoms with Crippen molar-refractivity contribution in [2.75, 3.05) is 0 Å². The number of hydrogen-bond acceptors (Lipinski definition) is 2. The van der Waals surface area contributed by atoms with Gasteiger partial charge in [-0.2, -0.15) is 0 Å². The van der Waals surface area contributed by atoms with E-state index in [0.29, 0.717) is 0 Å². The summed E-state index contributed by atoms with van der Waals surface area (Å²) in [6, 6.07) is 7.84. The number of fused-ring (bicyclic) bond motifs is 1. The van der Waals surface area contributed by atoms with Crippen molar-refractivity contribution >= 4 is 10.8 Å². The lowest BCUT2D eigenvalue weighted by atomic mass is 9.92. The van der Waals surface area contributed by atoms with E-state index in [-0.39, 0.29) is 11.6 Å². The molecule has 19 heavy (non-hydrogen) atoms. The van der Waals surface area contributed by atoms with Gasteiger partial charge in [0.25, 0.3) is 5.56 Å². The van der Waals surface area contributed by atoms with Crippen LogP contribution in [0.15, 0.2) is 35.3 Å². The van der Waals surface area contributed by atoms with Gasteiger partial charge in [0.1, 0.15) is 0 Å². The summed E-state index contributed by atoms with van der Waals surface area (Å²) in [6.45, 7) is 1.99. The zero-order valence-corrected chi connectivity index (χ0v) is 11.2. The van der Waals surface area contributed by atoms with E-state index in [0.717, 1.165) is 42.0 Å². The Hall–Kier alpha value is -1.61. The van der Waals surface area contributed by atoms with Crippen LogP contribution >= 0.6 is 0 Å². The fourth-order valence-corrected chi connectivity index (χ4v) is 3.05. The van der Waals surface area contributed by atoms with Crippen LogP contribution in [-0.4, -0.2) is 15.8 Å². The second-order valence-corrected chi connectivity index (χ2v) is 5.54. The Kier molecular flexibility index (Phi) is 3.15. The molecule has 1 heterocycles. The number of aryl methyl sites for hydroxylation is 1. The van der Waals surface area contributed by atoms with Gasteiger partial charge in [0.2, 0.25) is 0 Å². The van der Waals surface area contributed by atoms with Crippen molar-refractivity contribution in [1.29, 1.82) is 0 Å². The molecule has 0 radical (unpaired) electrons. The third-order valence-corrected chi connectivity index (χ3v) is 4.14. The van der Waals surface area contributed by atoms with Crippen LogP contribution in [0.2, 0.25) is 0 Å². The van der Waals surface area contributed by atoms with E-state index in [2.05, 4.69) is 0 Å². The molecule has 3 heteroatoms. The molecule has 0 bridgehead atoms. The first kappa shape index (κ1) is 12.4. The van der Waals surface area contributed by atoms with Crippen molar-refractivity contribution in [2.24, 2.45) is 0 Å². The number of hydrogen-bond donors (Lipinski definition) is 1. The monoisotopic (exact) mass is 257 g/mol. The molecule has 1 saturated carbocycles. The largest absolute Gasteiger partial charge is 0.391 e. The highest BCUT2D eigenvalue weighted by Crippen LogP contribution is 2.28. The van der Waals surface area contributed by atoms with Crippen molar-refractivity contribution in [3.63, 3.8) is 0 Å².